The van der Waals surface area contributed by atoms with Gasteiger partial charge in [0.05, 0.1) is 6.10 Å². The zero-order valence-electron chi connectivity index (χ0n) is 21.5. The van der Waals surface area contributed by atoms with Gasteiger partial charge in [0.1, 0.15) is 42.3 Å². The van der Waals surface area contributed by atoms with Crippen molar-refractivity contribution >= 4 is 12.1 Å². The van der Waals surface area contributed by atoms with Crippen LogP contribution >= 0.6 is 0 Å². The van der Waals surface area contributed by atoms with E-state index in [9.17, 15) is 14.0 Å². The molecule has 0 radical (unpaired) electrons. The van der Waals surface area contributed by atoms with Crippen molar-refractivity contribution in [3.63, 3.8) is 0 Å². The summed E-state index contributed by atoms with van der Waals surface area (Å²) in [7, 11) is 0. The molecule has 4 rings (SSSR count). The summed E-state index contributed by atoms with van der Waals surface area (Å²) >= 11 is 0. The van der Waals surface area contributed by atoms with Crippen LogP contribution in [-0.4, -0.2) is 48.9 Å². The van der Waals surface area contributed by atoms with Gasteiger partial charge in [-0.3, -0.25) is 4.90 Å². The molecule has 3 aromatic rings. The van der Waals surface area contributed by atoms with E-state index in [4.69, 9.17) is 18.9 Å². The quantitative estimate of drug-likeness (QED) is 0.202. The van der Waals surface area contributed by atoms with E-state index in [1.165, 1.54) is 17.0 Å². The number of amides is 1. The lowest BCUT2D eigenvalue weighted by molar-refractivity contribution is -0.135. The van der Waals surface area contributed by atoms with E-state index in [-0.39, 0.29) is 31.1 Å². The van der Waals surface area contributed by atoms with Crippen molar-refractivity contribution in [1.29, 1.82) is 0 Å². The van der Waals surface area contributed by atoms with Gasteiger partial charge in [0.25, 0.3) is 0 Å². The Kier molecular flexibility index (Phi) is 10.3. The fourth-order valence-corrected chi connectivity index (χ4v) is 3.92. The second-order valence-electron chi connectivity index (χ2n) is 8.90. The smallest absolute Gasteiger partial charge is 0.415 e. The number of hydrogen-bond donors (Lipinski definition) is 0. The van der Waals surface area contributed by atoms with E-state index in [1.807, 2.05) is 12.1 Å². The van der Waals surface area contributed by atoms with Gasteiger partial charge in [-0.25, -0.2) is 14.0 Å². The molecule has 1 amide bonds. The Bertz CT molecular complexity index is 1260. The summed E-state index contributed by atoms with van der Waals surface area (Å²) in [5.74, 6) is 6.65. The topological polar surface area (TPSA) is 74.3 Å². The lowest BCUT2D eigenvalue weighted by Gasteiger charge is -2.27. The van der Waals surface area contributed by atoms with Crippen molar-refractivity contribution in [1.82, 2.24) is 4.90 Å². The number of carbonyl (C=O) groups excluding carboxylic acids is 2. The van der Waals surface area contributed by atoms with Crippen LogP contribution in [0.25, 0.3) is 0 Å². The van der Waals surface area contributed by atoms with Crippen LogP contribution in [-0.2, 0) is 9.53 Å². The number of ether oxygens (including phenoxy) is 4. The van der Waals surface area contributed by atoms with Crippen LogP contribution in [0.3, 0.4) is 0 Å². The molecule has 7 nitrogen and oxygen atoms in total. The number of benzene rings is 3. The maximum atomic E-state index is 13.1. The van der Waals surface area contributed by atoms with Crippen molar-refractivity contribution in [3.05, 3.63) is 90.7 Å². The Balaban J connectivity index is 1.29. The van der Waals surface area contributed by atoms with Crippen LogP contribution < -0.4 is 14.2 Å². The van der Waals surface area contributed by atoms with Crippen molar-refractivity contribution in [2.45, 2.75) is 37.9 Å². The molecule has 2 unspecified atom stereocenters. The normalized spacial score (nSPS) is 16.3. The fraction of sp³-hybridized carbons (Fsp3) is 0.290. The van der Waals surface area contributed by atoms with Gasteiger partial charge >= 0.3 is 12.1 Å². The predicted octanol–water partition coefficient (Wildman–Crippen LogP) is 5.64. The number of nitrogens with zero attached hydrogens (tertiary/aromatic N) is 1. The van der Waals surface area contributed by atoms with Gasteiger partial charge in [-0.05, 0) is 67.8 Å². The summed E-state index contributed by atoms with van der Waals surface area (Å²) in [4.78, 5) is 26.6. The monoisotopic (exact) mass is 531 g/mol. The third-order valence-corrected chi connectivity index (χ3v) is 5.87. The molecular weight excluding hydrogens is 501 g/mol. The summed E-state index contributed by atoms with van der Waals surface area (Å²) in [5.41, 5.74) is 0. The highest BCUT2D eigenvalue weighted by Crippen LogP contribution is 2.20. The largest absolute Gasteiger partial charge is 0.491 e. The first-order valence-electron chi connectivity index (χ1n) is 12.8. The fourth-order valence-electron chi connectivity index (χ4n) is 3.92. The van der Waals surface area contributed by atoms with Gasteiger partial charge in [0.15, 0.2) is 0 Å². The van der Waals surface area contributed by atoms with E-state index in [2.05, 4.69) is 11.8 Å². The van der Waals surface area contributed by atoms with Gasteiger partial charge in [0, 0.05) is 13.0 Å². The maximum Gasteiger partial charge on any atom is 0.415 e. The van der Waals surface area contributed by atoms with Gasteiger partial charge in [-0.2, -0.15) is 0 Å². The summed E-state index contributed by atoms with van der Waals surface area (Å²) < 4.78 is 35.6. The molecule has 0 spiro atoms. The summed E-state index contributed by atoms with van der Waals surface area (Å²) in [6.07, 6.45) is 1.86. The first kappa shape index (κ1) is 27.7. The molecule has 2 atom stereocenters. The number of esters is 1. The molecule has 0 saturated carbocycles. The Hall–Kier alpha value is -4.35. The van der Waals surface area contributed by atoms with Crippen LogP contribution in [0.2, 0.25) is 0 Å². The first-order chi connectivity index (χ1) is 19.0. The minimum Gasteiger partial charge on any atom is -0.491 e. The highest BCUT2D eigenvalue weighted by Gasteiger charge is 2.22. The maximum absolute atomic E-state index is 13.1. The standard InChI is InChI=1S/C31H30FNO6/c32-24-17-19-25(20-18-24)36-23-29-16-9-15-26(37-29)14-7-8-21-33(31(35)39-28-12-5-2-6-13-28)22-30(34)38-27-10-3-1-4-11-27/h1-6,10-13,17-20,26,29H,8-9,15-16,21-23H2. The van der Waals surface area contributed by atoms with E-state index in [0.717, 1.165) is 19.3 Å². The lowest BCUT2D eigenvalue weighted by Crippen LogP contribution is -2.39. The number of hydrogen-bond acceptors (Lipinski definition) is 6. The number of halogens is 1. The molecule has 0 aliphatic carbocycles. The number of rotatable bonds is 9. The summed E-state index contributed by atoms with van der Waals surface area (Å²) in [6, 6.07) is 23.2. The summed E-state index contributed by atoms with van der Waals surface area (Å²) in [5, 5.41) is 0. The first-order valence-corrected chi connectivity index (χ1v) is 12.8. The third-order valence-electron chi connectivity index (χ3n) is 5.87. The van der Waals surface area contributed by atoms with Crippen molar-refractivity contribution in [3.8, 4) is 29.1 Å². The highest BCUT2D eigenvalue weighted by atomic mass is 19.1. The zero-order valence-corrected chi connectivity index (χ0v) is 21.5. The molecule has 1 fully saturated rings. The second kappa shape index (κ2) is 14.6. The molecule has 8 heteroatoms. The van der Waals surface area contributed by atoms with Gasteiger partial charge < -0.3 is 18.9 Å². The zero-order chi connectivity index (χ0) is 27.3. The van der Waals surface area contributed by atoms with Crippen molar-refractivity contribution in [2.24, 2.45) is 0 Å². The molecular formula is C31H30FNO6. The van der Waals surface area contributed by atoms with Gasteiger partial charge in [-0.1, -0.05) is 48.2 Å². The molecule has 3 aromatic carbocycles. The van der Waals surface area contributed by atoms with E-state index in [1.54, 1.807) is 60.7 Å². The van der Waals surface area contributed by atoms with E-state index in [0.29, 0.717) is 30.3 Å². The minimum atomic E-state index is -0.667. The molecule has 1 aliphatic rings. The van der Waals surface area contributed by atoms with Crippen LogP contribution in [0.4, 0.5) is 9.18 Å². The van der Waals surface area contributed by atoms with Crippen LogP contribution in [0.5, 0.6) is 17.2 Å². The molecule has 1 heterocycles. The third kappa shape index (κ3) is 9.47. The number of para-hydroxylation sites is 2. The van der Waals surface area contributed by atoms with Crippen molar-refractivity contribution < 1.29 is 32.9 Å². The van der Waals surface area contributed by atoms with E-state index < -0.39 is 12.1 Å². The Morgan fingerprint density at radius 2 is 1.54 bits per heavy atom. The molecule has 1 saturated heterocycles. The molecule has 39 heavy (non-hydrogen) atoms. The average Bonchev–Trinajstić information content (AvgIpc) is 2.95. The summed E-state index contributed by atoms with van der Waals surface area (Å²) in [6.45, 7) is 0.240. The minimum absolute atomic E-state index is 0.117. The molecule has 202 valence electrons. The van der Waals surface area contributed by atoms with E-state index >= 15 is 0 Å². The molecule has 0 bridgehead atoms. The lowest BCUT2D eigenvalue weighted by atomic mass is 10.0. The highest BCUT2D eigenvalue weighted by molar-refractivity contribution is 5.80. The molecule has 0 N–H and O–H groups in total. The molecule has 1 aliphatic heterocycles. The van der Waals surface area contributed by atoms with Crippen LogP contribution in [0.1, 0.15) is 25.7 Å². The average molecular weight is 532 g/mol. The molecule has 0 aromatic heterocycles. The van der Waals surface area contributed by atoms with Crippen molar-refractivity contribution in [2.75, 3.05) is 19.7 Å². The Morgan fingerprint density at radius 3 is 2.23 bits per heavy atom. The predicted molar refractivity (Wildman–Crippen MR) is 143 cm³/mol. The number of carbonyl (C=O) groups is 2. The van der Waals surface area contributed by atoms with Gasteiger partial charge in [-0.15, -0.1) is 0 Å². The van der Waals surface area contributed by atoms with Crippen LogP contribution in [0.15, 0.2) is 84.9 Å². The van der Waals surface area contributed by atoms with Crippen LogP contribution in [0, 0.1) is 17.7 Å². The Labute approximate surface area is 227 Å². The Morgan fingerprint density at radius 1 is 0.872 bits per heavy atom. The van der Waals surface area contributed by atoms with Gasteiger partial charge in [0.2, 0.25) is 0 Å². The SMILES string of the molecule is O=C(CN(CCC#CC1CCCC(COc2ccc(F)cc2)O1)C(=O)Oc1ccccc1)Oc1ccccc1. The second-order valence-corrected chi connectivity index (χ2v) is 8.90.